The Morgan fingerprint density at radius 2 is 1.93 bits per heavy atom. The normalized spacial score (nSPS) is 19.8. The standard InChI is InChI=1S/C22H31N5O2/c1-6-11-22(5)21(29)23-12-13-26(22)14-19(28)24-20-16(3)25-27(17(20)4)18-9-7-15(2)8-10-18/h7-10H,6,11-14H2,1-5H3,(H,23,29)(H,24,28). The van der Waals surface area contributed by atoms with Crippen molar-refractivity contribution in [1.29, 1.82) is 0 Å². The highest BCUT2D eigenvalue weighted by Gasteiger charge is 2.41. The Morgan fingerprint density at radius 1 is 1.24 bits per heavy atom. The van der Waals surface area contributed by atoms with Crippen LogP contribution in [-0.2, 0) is 9.59 Å². The fraction of sp³-hybridized carbons (Fsp3) is 0.500. The van der Waals surface area contributed by atoms with Crippen LogP contribution < -0.4 is 10.6 Å². The van der Waals surface area contributed by atoms with Gasteiger partial charge in [0, 0.05) is 13.1 Å². The number of hydrogen-bond donors (Lipinski definition) is 2. The van der Waals surface area contributed by atoms with E-state index < -0.39 is 5.54 Å². The first-order chi connectivity index (χ1) is 13.8. The van der Waals surface area contributed by atoms with Crippen molar-refractivity contribution < 1.29 is 9.59 Å². The zero-order valence-electron chi connectivity index (χ0n) is 18.0. The van der Waals surface area contributed by atoms with E-state index in [0.29, 0.717) is 13.1 Å². The Hall–Kier alpha value is -2.67. The molecule has 1 atom stereocenters. The number of nitrogens with one attached hydrogen (secondary N) is 2. The predicted octanol–water partition coefficient (Wildman–Crippen LogP) is 2.73. The number of carbonyl (C=O) groups is 2. The largest absolute Gasteiger partial charge is 0.353 e. The first kappa shape index (κ1) is 21.0. The maximum absolute atomic E-state index is 12.9. The van der Waals surface area contributed by atoms with E-state index in [1.165, 1.54) is 5.56 Å². The molecular formula is C22H31N5O2. The van der Waals surface area contributed by atoms with E-state index >= 15 is 0 Å². The minimum Gasteiger partial charge on any atom is -0.353 e. The van der Waals surface area contributed by atoms with Crippen molar-refractivity contribution in [1.82, 2.24) is 20.0 Å². The molecule has 2 amide bonds. The second-order valence-corrected chi connectivity index (χ2v) is 8.04. The Kier molecular flexibility index (Phi) is 6.07. The average molecular weight is 398 g/mol. The number of nitrogens with zero attached hydrogens (tertiary/aromatic N) is 3. The van der Waals surface area contributed by atoms with Gasteiger partial charge in [-0.15, -0.1) is 0 Å². The Morgan fingerprint density at radius 3 is 2.59 bits per heavy atom. The third-order valence-electron chi connectivity index (χ3n) is 5.76. The summed E-state index contributed by atoms with van der Waals surface area (Å²) in [4.78, 5) is 27.3. The third-order valence-corrected chi connectivity index (χ3v) is 5.76. The van der Waals surface area contributed by atoms with E-state index in [1.807, 2.05) is 61.5 Å². The van der Waals surface area contributed by atoms with Crippen molar-refractivity contribution in [3.8, 4) is 5.69 Å². The van der Waals surface area contributed by atoms with E-state index in [2.05, 4.69) is 22.7 Å². The number of hydrogen-bond acceptors (Lipinski definition) is 4. The van der Waals surface area contributed by atoms with Gasteiger partial charge in [-0.3, -0.25) is 14.5 Å². The highest BCUT2D eigenvalue weighted by Crippen LogP contribution is 2.26. The highest BCUT2D eigenvalue weighted by atomic mass is 16.2. The Bertz CT molecular complexity index is 903. The van der Waals surface area contributed by atoms with Crippen LogP contribution in [0.2, 0.25) is 0 Å². The van der Waals surface area contributed by atoms with E-state index in [4.69, 9.17) is 0 Å². The lowest BCUT2D eigenvalue weighted by Gasteiger charge is -2.43. The summed E-state index contributed by atoms with van der Waals surface area (Å²) in [5.41, 5.74) is 3.87. The van der Waals surface area contributed by atoms with Gasteiger partial charge in [0.05, 0.1) is 34.8 Å². The predicted molar refractivity (Wildman–Crippen MR) is 114 cm³/mol. The van der Waals surface area contributed by atoms with Gasteiger partial charge in [-0.1, -0.05) is 31.0 Å². The van der Waals surface area contributed by atoms with Gasteiger partial charge in [0.25, 0.3) is 0 Å². The third kappa shape index (κ3) is 4.19. The molecule has 0 aliphatic carbocycles. The molecule has 156 valence electrons. The molecule has 7 heteroatoms. The summed E-state index contributed by atoms with van der Waals surface area (Å²) in [6.45, 7) is 11.3. The lowest BCUT2D eigenvalue weighted by atomic mass is 9.90. The molecule has 7 nitrogen and oxygen atoms in total. The molecule has 1 aromatic heterocycles. The van der Waals surface area contributed by atoms with Gasteiger partial charge < -0.3 is 10.6 Å². The number of anilines is 1. The van der Waals surface area contributed by atoms with E-state index in [1.54, 1.807) is 0 Å². The summed E-state index contributed by atoms with van der Waals surface area (Å²) in [5.74, 6) is -0.130. The van der Waals surface area contributed by atoms with Gasteiger partial charge in [-0.2, -0.15) is 5.10 Å². The van der Waals surface area contributed by atoms with Crippen LogP contribution in [0.15, 0.2) is 24.3 Å². The molecule has 0 spiro atoms. The van der Waals surface area contributed by atoms with Gasteiger partial charge in [0.15, 0.2) is 0 Å². The van der Waals surface area contributed by atoms with Crippen LogP contribution in [0.4, 0.5) is 5.69 Å². The molecule has 2 heterocycles. The summed E-state index contributed by atoms with van der Waals surface area (Å²) in [6, 6.07) is 8.12. The molecule has 2 aromatic rings. The van der Waals surface area contributed by atoms with Crippen molar-refractivity contribution >= 4 is 17.5 Å². The molecule has 1 unspecified atom stereocenters. The number of rotatable bonds is 6. The molecule has 1 aliphatic heterocycles. The summed E-state index contributed by atoms with van der Waals surface area (Å²) < 4.78 is 1.85. The summed E-state index contributed by atoms with van der Waals surface area (Å²) in [6.07, 6.45) is 1.60. The lowest BCUT2D eigenvalue weighted by molar-refractivity contribution is -0.138. The number of amides is 2. The van der Waals surface area contributed by atoms with Gasteiger partial charge in [-0.05, 0) is 46.2 Å². The van der Waals surface area contributed by atoms with Gasteiger partial charge in [0.1, 0.15) is 0 Å². The molecule has 1 aliphatic rings. The van der Waals surface area contributed by atoms with Gasteiger partial charge in [0.2, 0.25) is 11.8 Å². The van der Waals surface area contributed by atoms with Crippen molar-refractivity contribution in [3.63, 3.8) is 0 Å². The average Bonchev–Trinajstić information content (AvgIpc) is 2.95. The summed E-state index contributed by atoms with van der Waals surface area (Å²) in [5, 5.41) is 10.6. The second kappa shape index (κ2) is 8.37. The van der Waals surface area contributed by atoms with Gasteiger partial charge in [-0.25, -0.2) is 4.68 Å². The number of carbonyl (C=O) groups excluding carboxylic acids is 2. The van der Waals surface area contributed by atoms with Crippen LogP contribution >= 0.6 is 0 Å². The summed E-state index contributed by atoms with van der Waals surface area (Å²) >= 11 is 0. The number of aromatic nitrogens is 2. The number of benzene rings is 1. The molecule has 1 aromatic carbocycles. The monoisotopic (exact) mass is 397 g/mol. The van der Waals surface area contributed by atoms with Crippen LogP contribution in [0.25, 0.3) is 5.69 Å². The minimum absolute atomic E-state index is 0.00190. The quantitative estimate of drug-likeness (QED) is 0.786. The molecule has 1 saturated heterocycles. The maximum atomic E-state index is 12.9. The topological polar surface area (TPSA) is 79.3 Å². The molecule has 2 N–H and O–H groups in total. The molecular weight excluding hydrogens is 366 g/mol. The molecule has 3 rings (SSSR count). The van der Waals surface area contributed by atoms with Crippen molar-refractivity contribution in [2.75, 3.05) is 25.0 Å². The Labute approximate surface area is 172 Å². The van der Waals surface area contributed by atoms with E-state index in [0.717, 1.165) is 35.6 Å². The van der Waals surface area contributed by atoms with Crippen LogP contribution in [0.3, 0.4) is 0 Å². The van der Waals surface area contributed by atoms with Crippen molar-refractivity contribution in [2.45, 2.75) is 53.0 Å². The van der Waals surface area contributed by atoms with Crippen molar-refractivity contribution in [3.05, 3.63) is 41.2 Å². The first-order valence-corrected chi connectivity index (χ1v) is 10.2. The molecule has 1 fully saturated rings. The molecule has 0 bridgehead atoms. The fourth-order valence-electron chi connectivity index (χ4n) is 4.01. The van der Waals surface area contributed by atoms with E-state index in [-0.39, 0.29) is 18.4 Å². The zero-order chi connectivity index (χ0) is 21.2. The van der Waals surface area contributed by atoms with Crippen LogP contribution in [0, 0.1) is 20.8 Å². The maximum Gasteiger partial charge on any atom is 0.240 e. The second-order valence-electron chi connectivity index (χ2n) is 8.04. The molecule has 0 saturated carbocycles. The first-order valence-electron chi connectivity index (χ1n) is 10.2. The highest BCUT2D eigenvalue weighted by molar-refractivity contribution is 5.94. The smallest absolute Gasteiger partial charge is 0.240 e. The van der Waals surface area contributed by atoms with Crippen LogP contribution in [0.1, 0.15) is 43.6 Å². The van der Waals surface area contributed by atoms with Crippen LogP contribution in [-0.4, -0.2) is 51.7 Å². The minimum atomic E-state index is -0.652. The zero-order valence-corrected chi connectivity index (χ0v) is 18.0. The Balaban J connectivity index is 1.77. The van der Waals surface area contributed by atoms with Crippen LogP contribution in [0.5, 0.6) is 0 Å². The van der Waals surface area contributed by atoms with E-state index in [9.17, 15) is 9.59 Å². The molecule has 29 heavy (non-hydrogen) atoms. The lowest BCUT2D eigenvalue weighted by Crippen LogP contribution is -2.64. The molecule has 0 radical (unpaired) electrons. The van der Waals surface area contributed by atoms with Gasteiger partial charge >= 0.3 is 0 Å². The SMILES string of the molecule is CCCC1(C)C(=O)NCCN1CC(=O)Nc1c(C)nn(-c2ccc(C)cc2)c1C. The summed E-state index contributed by atoms with van der Waals surface area (Å²) in [7, 11) is 0. The fourth-order valence-corrected chi connectivity index (χ4v) is 4.01. The van der Waals surface area contributed by atoms with Crippen molar-refractivity contribution in [2.24, 2.45) is 0 Å². The number of piperazine rings is 1. The number of aryl methyl sites for hydroxylation is 2.